The van der Waals surface area contributed by atoms with Crippen molar-refractivity contribution in [2.45, 2.75) is 38.6 Å². The number of benzene rings is 2. The van der Waals surface area contributed by atoms with E-state index in [-0.39, 0.29) is 11.7 Å². The van der Waals surface area contributed by atoms with Crippen molar-refractivity contribution in [3.63, 3.8) is 0 Å². The van der Waals surface area contributed by atoms with Gasteiger partial charge in [-0.2, -0.15) is 0 Å². The van der Waals surface area contributed by atoms with Gasteiger partial charge in [0.05, 0.1) is 10.8 Å². The molecule has 6 nitrogen and oxygen atoms in total. The number of hydrogen-bond donors (Lipinski definition) is 1. The first-order valence-electron chi connectivity index (χ1n) is 9.97. The molecule has 3 aromatic rings. The molecule has 2 aromatic carbocycles. The Balaban J connectivity index is 1.73. The molecule has 1 atom stereocenters. The van der Waals surface area contributed by atoms with Crippen molar-refractivity contribution in [2.75, 3.05) is 11.1 Å². The molecule has 1 N–H and O–H groups in total. The lowest BCUT2D eigenvalue weighted by Crippen LogP contribution is -2.18. The van der Waals surface area contributed by atoms with Gasteiger partial charge in [-0.05, 0) is 37.1 Å². The third kappa shape index (κ3) is 5.98. The average Bonchev–Trinajstić information content (AvgIpc) is 3.13. The topological polar surface area (TPSA) is 69.0 Å². The highest BCUT2D eigenvalue weighted by atomic mass is 35.5. The summed E-state index contributed by atoms with van der Waals surface area (Å²) in [6, 6.07) is 10.5. The Morgan fingerprint density at radius 2 is 1.81 bits per heavy atom. The number of thioether (sulfide) groups is 1. The number of nitrogens with zero attached hydrogens (tertiary/aromatic N) is 3. The van der Waals surface area contributed by atoms with Crippen LogP contribution in [0.4, 0.5) is 14.5 Å². The van der Waals surface area contributed by atoms with Crippen LogP contribution in [0.1, 0.15) is 32.7 Å². The van der Waals surface area contributed by atoms with E-state index in [0.29, 0.717) is 28.3 Å². The zero-order valence-corrected chi connectivity index (χ0v) is 19.4. The van der Waals surface area contributed by atoms with E-state index in [0.717, 1.165) is 23.9 Å². The highest BCUT2D eigenvalue weighted by Crippen LogP contribution is 2.30. The van der Waals surface area contributed by atoms with E-state index in [4.69, 9.17) is 16.3 Å². The van der Waals surface area contributed by atoms with Crippen LogP contribution in [0.25, 0.3) is 0 Å². The lowest BCUT2D eigenvalue weighted by molar-refractivity contribution is -0.113. The number of halogens is 3. The van der Waals surface area contributed by atoms with Crippen molar-refractivity contribution in [1.82, 2.24) is 14.8 Å². The van der Waals surface area contributed by atoms with Gasteiger partial charge < -0.3 is 14.6 Å². The van der Waals surface area contributed by atoms with Gasteiger partial charge in [0.25, 0.3) is 0 Å². The van der Waals surface area contributed by atoms with E-state index in [2.05, 4.69) is 15.5 Å². The number of ether oxygens (including phenoxy) is 1. The molecule has 0 aliphatic rings. The Labute approximate surface area is 194 Å². The lowest BCUT2D eigenvalue weighted by atomic mass is 10.2. The van der Waals surface area contributed by atoms with E-state index in [9.17, 15) is 13.6 Å². The summed E-state index contributed by atoms with van der Waals surface area (Å²) in [5.41, 5.74) is -0.468. The molecule has 0 bridgehead atoms. The molecule has 0 saturated heterocycles. The molecule has 32 heavy (non-hydrogen) atoms. The van der Waals surface area contributed by atoms with Gasteiger partial charge in [-0.15, -0.1) is 10.2 Å². The fraction of sp³-hybridized carbons (Fsp3) is 0.318. The standard InChI is InChI=1S/C22H23ClF2N4O2S/c1-13(2)11-29-21(14(3)31-18-10-5-4-7-15(18)23)27-28-22(29)32-12-19(30)26-20-16(24)8-6-9-17(20)25/h4-10,13-14H,11-12H2,1-3H3,(H,26,30). The fourth-order valence-electron chi connectivity index (χ4n) is 2.95. The van der Waals surface area contributed by atoms with Crippen LogP contribution in [0, 0.1) is 17.6 Å². The Morgan fingerprint density at radius 3 is 2.47 bits per heavy atom. The number of nitrogens with one attached hydrogen (secondary N) is 1. The van der Waals surface area contributed by atoms with Crippen molar-refractivity contribution >= 4 is 35.0 Å². The molecule has 1 amide bonds. The molecule has 1 heterocycles. The van der Waals surface area contributed by atoms with Crippen molar-refractivity contribution in [3.05, 3.63) is 64.9 Å². The maximum Gasteiger partial charge on any atom is 0.235 e. The second-order valence-corrected chi connectivity index (χ2v) is 8.82. The monoisotopic (exact) mass is 480 g/mol. The first-order valence-corrected chi connectivity index (χ1v) is 11.3. The summed E-state index contributed by atoms with van der Waals surface area (Å²) in [7, 11) is 0. The number of rotatable bonds is 9. The summed E-state index contributed by atoms with van der Waals surface area (Å²) in [6.45, 7) is 6.54. The Hall–Kier alpha value is -2.65. The van der Waals surface area contributed by atoms with Crippen LogP contribution >= 0.6 is 23.4 Å². The zero-order chi connectivity index (χ0) is 23.3. The van der Waals surface area contributed by atoms with Gasteiger partial charge in [-0.25, -0.2) is 8.78 Å². The number of amides is 1. The predicted molar refractivity (Wildman–Crippen MR) is 121 cm³/mol. The van der Waals surface area contributed by atoms with Gasteiger partial charge in [0.15, 0.2) is 17.1 Å². The fourth-order valence-corrected chi connectivity index (χ4v) is 3.89. The molecule has 0 fully saturated rings. The Bertz CT molecular complexity index is 1070. The van der Waals surface area contributed by atoms with E-state index in [1.165, 1.54) is 6.07 Å². The van der Waals surface area contributed by atoms with Crippen molar-refractivity contribution in [3.8, 4) is 5.75 Å². The minimum atomic E-state index is -0.834. The predicted octanol–water partition coefficient (Wildman–Crippen LogP) is 5.74. The number of carbonyl (C=O) groups is 1. The molecule has 0 aliphatic carbocycles. The summed E-state index contributed by atoms with van der Waals surface area (Å²) >= 11 is 7.32. The summed E-state index contributed by atoms with van der Waals surface area (Å²) in [4.78, 5) is 12.3. The third-order valence-electron chi connectivity index (χ3n) is 4.36. The average molecular weight is 481 g/mol. The maximum atomic E-state index is 13.8. The minimum Gasteiger partial charge on any atom is -0.481 e. The molecule has 3 rings (SSSR count). The van der Waals surface area contributed by atoms with Crippen LogP contribution in [-0.4, -0.2) is 26.4 Å². The quantitative estimate of drug-likeness (QED) is 0.396. The summed E-state index contributed by atoms with van der Waals surface area (Å²) in [5, 5.41) is 11.7. The number of para-hydroxylation sites is 2. The van der Waals surface area contributed by atoms with Crippen molar-refractivity contribution in [1.29, 1.82) is 0 Å². The summed E-state index contributed by atoms with van der Waals surface area (Å²) in [6.07, 6.45) is -0.447. The number of hydrogen-bond acceptors (Lipinski definition) is 5. The van der Waals surface area contributed by atoms with E-state index in [1.807, 2.05) is 37.5 Å². The number of aromatic nitrogens is 3. The lowest BCUT2D eigenvalue weighted by Gasteiger charge is -2.18. The molecule has 10 heteroatoms. The highest BCUT2D eigenvalue weighted by Gasteiger charge is 2.22. The van der Waals surface area contributed by atoms with Crippen LogP contribution in [0.5, 0.6) is 5.75 Å². The van der Waals surface area contributed by atoms with Gasteiger partial charge >= 0.3 is 0 Å². The van der Waals surface area contributed by atoms with E-state index >= 15 is 0 Å². The summed E-state index contributed by atoms with van der Waals surface area (Å²) < 4.78 is 35.4. The van der Waals surface area contributed by atoms with Gasteiger partial charge in [-0.1, -0.05) is 55.4 Å². The van der Waals surface area contributed by atoms with Gasteiger partial charge in [0, 0.05) is 6.54 Å². The van der Waals surface area contributed by atoms with Crippen LogP contribution in [-0.2, 0) is 11.3 Å². The number of carbonyl (C=O) groups excluding carboxylic acids is 1. The molecular formula is C22H23ClF2N4O2S. The molecule has 0 aliphatic heterocycles. The van der Waals surface area contributed by atoms with Crippen LogP contribution in [0.2, 0.25) is 5.02 Å². The molecule has 170 valence electrons. The van der Waals surface area contributed by atoms with E-state index < -0.39 is 29.3 Å². The third-order valence-corrected chi connectivity index (χ3v) is 5.64. The second kappa shape index (κ2) is 10.8. The molecule has 0 spiro atoms. The molecule has 0 saturated carbocycles. The van der Waals surface area contributed by atoms with Crippen molar-refractivity contribution < 1.29 is 18.3 Å². The zero-order valence-electron chi connectivity index (χ0n) is 17.8. The van der Waals surface area contributed by atoms with Crippen LogP contribution in [0.3, 0.4) is 0 Å². The highest BCUT2D eigenvalue weighted by molar-refractivity contribution is 7.99. The summed E-state index contributed by atoms with van der Waals surface area (Å²) in [5.74, 6) is -0.928. The molecule has 0 radical (unpaired) electrons. The van der Waals surface area contributed by atoms with Gasteiger partial charge in [-0.3, -0.25) is 4.79 Å². The first kappa shape index (κ1) is 24.0. The Morgan fingerprint density at radius 1 is 1.12 bits per heavy atom. The number of anilines is 1. The van der Waals surface area contributed by atoms with Crippen molar-refractivity contribution in [2.24, 2.45) is 5.92 Å². The molecule has 1 unspecified atom stereocenters. The molecule has 1 aromatic heterocycles. The Kier molecular flexibility index (Phi) is 8.09. The van der Waals surface area contributed by atoms with Crippen LogP contribution in [0.15, 0.2) is 47.6 Å². The normalized spacial score (nSPS) is 12.1. The first-order chi connectivity index (χ1) is 15.3. The second-order valence-electron chi connectivity index (χ2n) is 7.47. The smallest absolute Gasteiger partial charge is 0.235 e. The largest absolute Gasteiger partial charge is 0.481 e. The van der Waals surface area contributed by atoms with Crippen LogP contribution < -0.4 is 10.1 Å². The van der Waals surface area contributed by atoms with E-state index in [1.54, 1.807) is 12.1 Å². The maximum absolute atomic E-state index is 13.8. The minimum absolute atomic E-state index is 0.0935. The SMILES string of the molecule is CC(C)Cn1c(SCC(=O)Nc2c(F)cccc2F)nnc1C(C)Oc1ccccc1Cl. The molecular weight excluding hydrogens is 458 g/mol. The van der Waals surface area contributed by atoms with Gasteiger partial charge in [0.1, 0.15) is 23.1 Å². The van der Waals surface area contributed by atoms with Gasteiger partial charge in [0.2, 0.25) is 5.91 Å².